The first-order valence-corrected chi connectivity index (χ1v) is 5.26. The van der Waals surface area contributed by atoms with Crippen molar-refractivity contribution in [1.82, 2.24) is 15.3 Å². The lowest BCUT2D eigenvalue weighted by atomic mass is 10.0. The van der Waals surface area contributed by atoms with E-state index >= 15 is 0 Å². The lowest BCUT2D eigenvalue weighted by molar-refractivity contribution is 0.251. The van der Waals surface area contributed by atoms with E-state index in [0.29, 0.717) is 6.54 Å². The highest BCUT2D eigenvalue weighted by Crippen LogP contribution is 2.26. The number of hydrogen-bond donors (Lipinski definition) is 2. The maximum absolute atomic E-state index is 11.2. The molecule has 17 heavy (non-hydrogen) atoms. The molecule has 84 valence electrons. The van der Waals surface area contributed by atoms with Crippen LogP contribution in [-0.4, -0.2) is 16.0 Å². The van der Waals surface area contributed by atoms with Crippen molar-refractivity contribution in [2.45, 2.75) is 6.54 Å². The fraction of sp³-hybridized carbons (Fsp3) is 0.0833. The summed E-state index contributed by atoms with van der Waals surface area (Å²) < 4.78 is 0. The fourth-order valence-corrected chi connectivity index (χ4v) is 1.82. The topological polar surface area (TPSA) is 66.9 Å². The van der Waals surface area contributed by atoms with Crippen LogP contribution in [0.5, 0.6) is 0 Å². The van der Waals surface area contributed by atoms with Gasteiger partial charge in [-0.05, 0) is 17.2 Å². The quantitative estimate of drug-likeness (QED) is 0.778. The van der Waals surface area contributed by atoms with E-state index in [1.54, 1.807) is 12.4 Å². The summed E-state index contributed by atoms with van der Waals surface area (Å²) in [4.78, 5) is 19.2. The van der Waals surface area contributed by atoms with E-state index in [0.717, 1.165) is 22.4 Å². The predicted octanol–water partition coefficient (Wildman–Crippen LogP) is 1.78. The highest BCUT2D eigenvalue weighted by molar-refractivity contribution is 5.93. The highest BCUT2D eigenvalue weighted by Gasteiger charge is 2.14. The smallest absolute Gasteiger partial charge is 0.319 e. The van der Waals surface area contributed by atoms with Gasteiger partial charge in [0.25, 0.3) is 0 Å². The van der Waals surface area contributed by atoms with Crippen LogP contribution in [0.15, 0.2) is 36.9 Å². The molecule has 0 saturated heterocycles. The Bertz CT molecular complexity index is 568. The Morgan fingerprint density at radius 1 is 1.12 bits per heavy atom. The zero-order chi connectivity index (χ0) is 11.7. The number of anilines is 1. The molecule has 3 rings (SSSR count). The summed E-state index contributed by atoms with van der Waals surface area (Å²) in [6.07, 6.45) is 4.99. The van der Waals surface area contributed by atoms with E-state index in [4.69, 9.17) is 0 Å². The molecule has 5 heteroatoms. The SMILES string of the molecule is O=C1NCc2ccc(-c3cncnc3)cc2N1. The van der Waals surface area contributed by atoms with Crippen LogP contribution < -0.4 is 10.6 Å². The van der Waals surface area contributed by atoms with E-state index in [2.05, 4.69) is 20.6 Å². The predicted molar refractivity (Wildman–Crippen MR) is 63.3 cm³/mol. The molecule has 0 spiro atoms. The van der Waals surface area contributed by atoms with Crippen molar-refractivity contribution in [3.63, 3.8) is 0 Å². The van der Waals surface area contributed by atoms with Crippen LogP contribution in [0.2, 0.25) is 0 Å². The standard InChI is InChI=1S/C12H10N4O/c17-12-15-6-9-2-1-8(3-11(9)16-12)10-4-13-7-14-5-10/h1-5,7H,6H2,(H2,15,16,17). The lowest BCUT2D eigenvalue weighted by Gasteiger charge is -2.18. The maximum atomic E-state index is 11.2. The molecule has 0 aliphatic carbocycles. The minimum Gasteiger partial charge on any atom is -0.334 e. The van der Waals surface area contributed by atoms with Crippen molar-refractivity contribution < 1.29 is 4.79 Å². The van der Waals surface area contributed by atoms with Crippen molar-refractivity contribution >= 4 is 11.7 Å². The third kappa shape index (κ3) is 1.82. The number of rotatable bonds is 1. The van der Waals surface area contributed by atoms with Gasteiger partial charge in [0.1, 0.15) is 6.33 Å². The molecule has 0 unspecified atom stereocenters. The summed E-state index contributed by atoms with van der Waals surface area (Å²) in [7, 11) is 0. The molecule has 0 saturated carbocycles. The molecule has 2 aromatic rings. The van der Waals surface area contributed by atoms with Crippen molar-refractivity contribution in [3.8, 4) is 11.1 Å². The van der Waals surface area contributed by atoms with Gasteiger partial charge in [-0.3, -0.25) is 0 Å². The van der Waals surface area contributed by atoms with Gasteiger partial charge in [0.05, 0.1) is 0 Å². The van der Waals surface area contributed by atoms with Crippen molar-refractivity contribution in [1.29, 1.82) is 0 Å². The van der Waals surface area contributed by atoms with Gasteiger partial charge in [-0.15, -0.1) is 0 Å². The Hall–Kier alpha value is -2.43. The lowest BCUT2D eigenvalue weighted by Crippen LogP contribution is -2.33. The third-order valence-corrected chi connectivity index (χ3v) is 2.69. The normalized spacial score (nSPS) is 13.5. The van der Waals surface area contributed by atoms with Crippen LogP contribution in [0.4, 0.5) is 10.5 Å². The Labute approximate surface area is 97.9 Å². The van der Waals surface area contributed by atoms with Gasteiger partial charge < -0.3 is 10.6 Å². The second kappa shape index (κ2) is 3.86. The zero-order valence-electron chi connectivity index (χ0n) is 8.97. The van der Waals surface area contributed by atoms with Gasteiger partial charge >= 0.3 is 6.03 Å². The van der Waals surface area contributed by atoms with Gasteiger partial charge in [-0.2, -0.15) is 0 Å². The number of nitrogens with one attached hydrogen (secondary N) is 2. The zero-order valence-corrected chi connectivity index (χ0v) is 8.97. The number of carbonyl (C=O) groups excluding carboxylic acids is 1. The largest absolute Gasteiger partial charge is 0.334 e. The molecule has 1 aliphatic rings. The maximum Gasteiger partial charge on any atom is 0.319 e. The van der Waals surface area contributed by atoms with Gasteiger partial charge in [0, 0.05) is 30.2 Å². The van der Waals surface area contributed by atoms with Gasteiger partial charge in [0.15, 0.2) is 0 Å². The average molecular weight is 226 g/mol. The number of aromatic nitrogens is 2. The van der Waals surface area contributed by atoms with E-state index in [1.165, 1.54) is 6.33 Å². The van der Waals surface area contributed by atoms with Crippen LogP contribution in [0, 0.1) is 0 Å². The summed E-state index contributed by atoms with van der Waals surface area (Å²) in [5.74, 6) is 0. The first kappa shape index (κ1) is 9.77. The van der Waals surface area contributed by atoms with Gasteiger partial charge in [-0.1, -0.05) is 12.1 Å². The van der Waals surface area contributed by atoms with Gasteiger partial charge in [-0.25, -0.2) is 14.8 Å². The van der Waals surface area contributed by atoms with Crippen LogP contribution in [0.3, 0.4) is 0 Å². The second-order valence-electron chi connectivity index (χ2n) is 3.81. The summed E-state index contributed by atoms with van der Waals surface area (Å²) in [6.45, 7) is 0.562. The fourth-order valence-electron chi connectivity index (χ4n) is 1.82. The molecule has 5 nitrogen and oxygen atoms in total. The van der Waals surface area contributed by atoms with Crippen LogP contribution in [0.1, 0.15) is 5.56 Å². The van der Waals surface area contributed by atoms with E-state index in [1.807, 2.05) is 18.2 Å². The van der Waals surface area contributed by atoms with Crippen LogP contribution >= 0.6 is 0 Å². The number of amides is 2. The van der Waals surface area contributed by atoms with E-state index in [-0.39, 0.29) is 6.03 Å². The van der Waals surface area contributed by atoms with Crippen molar-refractivity contribution in [2.75, 3.05) is 5.32 Å². The number of benzene rings is 1. The first-order valence-electron chi connectivity index (χ1n) is 5.26. The monoisotopic (exact) mass is 226 g/mol. The van der Waals surface area contributed by atoms with Crippen molar-refractivity contribution in [2.24, 2.45) is 0 Å². The summed E-state index contributed by atoms with van der Waals surface area (Å²) in [5.41, 5.74) is 3.84. The van der Waals surface area contributed by atoms with Crippen LogP contribution in [0.25, 0.3) is 11.1 Å². The Morgan fingerprint density at radius 2 is 1.94 bits per heavy atom. The molecule has 0 radical (unpaired) electrons. The molecule has 1 aliphatic heterocycles. The minimum absolute atomic E-state index is 0.168. The number of hydrogen-bond acceptors (Lipinski definition) is 3. The molecule has 2 amide bonds. The molecular weight excluding hydrogens is 216 g/mol. The van der Waals surface area contributed by atoms with Crippen LogP contribution in [-0.2, 0) is 6.54 Å². The number of nitrogens with zero attached hydrogens (tertiary/aromatic N) is 2. The average Bonchev–Trinajstić information content (AvgIpc) is 2.39. The summed E-state index contributed by atoms with van der Waals surface area (Å²) >= 11 is 0. The molecule has 2 N–H and O–H groups in total. The number of carbonyl (C=O) groups is 1. The molecule has 0 bridgehead atoms. The Balaban J connectivity index is 2.04. The summed E-state index contributed by atoms with van der Waals surface area (Å²) in [5, 5.41) is 5.50. The van der Waals surface area contributed by atoms with E-state index < -0.39 is 0 Å². The Kier molecular flexibility index (Phi) is 2.22. The van der Waals surface area contributed by atoms with E-state index in [9.17, 15) is 4.79 Å². The molecular formula is C12H10N4O. The highest BCUT2D eigenvalue weighted by atomic mass is 16.2. The molecule has 1 aromatic heterocycles. The second-order valence-corrected chi connectivity index (χ2v) is 3.81. The summed E-state index contributed by atoms with van der Waals surface area (Å²) in [6, 6.07) is 5.76. The van der Waals surface area contributed by atoms with Crippen molar-refractivity contribution in [3.05, 3.63) is 42.5 Å². The number of urea groups is 1. The minimum atomic E-state index is -0.168. The molecule has 1 aromatic carbocycles. The number of fused-ring (bicyclic) bond motifs is 1. The first-order chi connectivity index (χ1) is 8.33. The third-order valence-electron chi connectivity index (χ3n) is 2.69. The van der Waals surface area contributed by atoms with Gasteiger partial charge in [0.2, 0.25) is 0 Å². The Morgan fingerprint density at radius 3 is 2.76 bits per heavy atom. The molecule has 0 atom stereocenters. The molecule has 2 heterocycles. The molecule has 0 fully saturated rings.